The van der Waals surface area contributed by atoms with Crippen LogP contribution >= 0.6 is 0 Å². The summed E-state index contributed by atoms with van der Waals surface area (Å²) in [7, 11) is 0. The van der Waals surface area contributed by atoms with Crippen molar-refractivity contribution in [3.8, 4) is 16.9 Å². The molecule has 210 valence electrons. The Bertz CT molecular complexity index is 1440. The van der Waals surface area contributed by atoms with Gasteiger partial charge in [-0.3, -0.25) is 4.79 Å². The van der Waals surface area contributed by atoms with Crippen LogP contribution in [0.2, 0.25) is 0 Å². The highest BCUT2D eigenvalue weighted by atomic mass is 16.7. The summed E-state index contributed by atoms with van der Waals surface area (Å²) in [6.45, 7) is 7.72. The molecule has 1 aromatic heterocycles. The molecule has 7 heteroatoms. The topological polar surface area (TPSA) is 84.7 Å². The van der Waals surface area contributed by atoms with Gasteiger partial charge in [-0.2, -0.15) is 0 Å². The molecule has 0 aliphatic rings. The van der Waals surface area contributed by atoms with E-state index in [0.29, 0.717) is 25.3 Å². The van der Waals surface area contributed by atoms with Gasteiger partial charge in [0.05, 0.1) is 11.0 Å². The summed E-state index contributed by atoms with van der Waals surface area (Å²) in [5.41, 5.74) is 5.59. The second kappa shape index (κ2) is 13.8. The van der Waals surface area contributed by atoms with Crippen molar-refractivity contribution in [2.75, 3.05) is 11.4 Å². The first kappa shape index (κ1) is 28.9. The molecule has 0 saturated heterocycles. The summed E-state index contributed by atoms with van der Waals surface area (Å²) in [6.07, 6.45) is 5.03. The molecule has 1 amide bonds. The number of para-hydroxylation sites is 1. The van der Waals surface area contributed by atoms with Crippen LogP contribution in [0.3, 0.4) is 0 Å². The number of aromatic nitrogens is 2. The van der Waals surface area contributed by atoms with Gasteiger partial charge in [0, 0.05) is 37.2 Å². The summed E-state index contributed by atoms with van der Waals surface area (Å²) in [4.78, 5) is 31.0. The van der Waals surface area contributed by atoms with Crippen molar-refractivity contribution in [3.63, 3.8) is 0 Å². The third kappa shape index (κ3) is 6.89. The van der Waals surface area contributed by atoms with E-state index in [2.05, 4.69) is 36.6 Å². The largest absolute Gasteiger partial charge is 0.511 e. The van der Waals surface area contributed by atoms with Crippen LogP contribution in [-0.4, -0.2) is 33.3 Å². The molecule has 40 heavy (non-hydrogen) atoms. The fourth-order valence-electron chi connectivity index (χ4n) is 4.95. The van der Waals surface area contributed by atoms with Crippen LogP contribution in [-0.2, 0) is 17.8 Å². The molecular weight excluding hydrogens is 502 g/mol. The Hall–Kier alpha value is -4.13. The average Bonchev–Trinajstić information content (AvgIpc) is 3.29. The number of carbonyl (C=O) groups excluding carboxylic acids is 1. The lowest BCUT2D eigenvalue weighted by molar-refractivity contribution is -0.118. The number of rotatable bonds is 13. The minimum atomic E-state index is -1.33. The first-order chi connectivity index (χ1) is 19.4. The van der Waals surface area contributed by atoms with E-state index in [0.717, 1.165) is 77.8 Å². The first-order valence-corrected chi connectivity index (χ1v) is 14.3. The molecule has 0 radical (unpaired) electrons. The second-order valence-electron chi connectivity index (χ2n) is 10.1. The van der Waals surface area contributed by atoms with Crippen molar-refractivity contribution in [3.05, 3.63) is 78.1 Å². The number of benzene rings is 3. The molecule has 0 fully saturated rings. The minimum absolute atomic E-state index is 0.162. The van der Waals surface area contributed by atoms with Gasteiger partial charge in [0.2, 0.25) is 5.91 Å². The molecular formula is C33H39N3O4. The third-order valence-electron chi connectivity index (χ3n) is 7.07. The van der Waals surface area contributed by atoms with Crippen LogP contribution in [0.5, 0.6) is 5.75 Å². The Balaban J connectivity index is 1.69. The monoisotopic (exact) mass is 541 g/mol. The Morgan fingerprint density at radius 2 is 1.68 bits per heavy atom. The van der Waals surface area contributed by atoms with Crippen LogP contribution in [0.1, 0.15) is 70.7 Å². The molecule has 0 aliphatic carbocycles. The molecule has 0 unspecified atom stereocenters. The first-order valence-electron chi connectivity index (χ1n) is 14.3. The van der Waals surface area contributed by atoms with Gasteiger partial charge in [0.15, 0.2) is 0 Å². The van der Waals surface area contributed by atoms with Gasteiger partial charge in [-0.15, -0.1) is 0 Å². The van der Waals surface area contributed by atoms with Crippen molar-refractivity contribution < 1.29 is 19.4 Å². The highest BCUT2D eigenvalue weighted by molar-refractivity contribution is 5.95. The lowest BCUT2D eigenvalue weighted by Gasteiger charge is -2.23. The number of hydrogen-bond acceptors (Lipinski definition) is 4. The van der Waals surface area contributed by atoms with E-state index in [-0.39, 0.29) is 5.91 Å². The minimum Gasteiger partial charge on any atom is -0.449 e. The van der Waals surface area contributed by atoms with Gasteiger partial charge in [0.25, 0.3) is 0 Å². The molecule has 7 nitrogen and oxygen atoms in total. The zero-order valence-corrected chi connectivity index (χ0v) is 23.7. The van der Waals surface area contributed by atoms with Gasteiger partial charge in [-0.05, 0) is 54.7 Å². The number of imidazole rings is 1. The maximum absolute atomic E-state index is 13.0. The van der Waals surface area contributed by atoms with Crippen LogP contribution in [0.25, 0.3) is 22.2 Å². The predicted molar refractivity (Wildman–Crippen MR) is 160 cm³/mol. The summed E-state index contributed by atoms with van der Waals surface area (Å²) in [5.74, 6) is 1.51. The van der Waals surface area contributed by atoms with Gasteiger partial charge in [-0.1, -0.05) is 76.1 Å². The second-order valence-corrected chi connectivity index (χ2v) is 10.1. The van der Waals surface area contributed by atoms with Crippen molar-refractivity contribution in [1.82, 2.24) is 9.55 Å². The number of carbonyl (C=O) groups is 2. The number of unbranched alkanes of at least 4 members (excludes halogenated alkanes) is 2. The summed E-state index contributed by atoms with van der Waals surface area (Å²) in [5, 5.41) is 9.10. The van der Waals surface area contributed by atoms with Gasteiger partial charge < -0.3 is 19.3 Å². The number of hydrogen-bond donors (Lipinski definition) is 1. The van der Waals surface area contributed by atoms with E-state index in [1.54, 1.807) is 12.1 Å². The number of aryl methyl sites for hydroxylation is 1. The van der Waals surface area contributed by atoms with Gasteiger partial charge in [0.1, 0.15) is 11.6 Å². The molecule has 4 rings (SSSR count). The normalized spacial score (nSPS) is 11.1. The molecule has 0 aliphatic heterocycles. The zero-order valence-electron chi connectivity index (χ0n) is 23.7. The van der Waals surface area contributed by atoms with Crippen LogP contribution in [0.4, 0.5) is 10.5 Å². The van der Waals surface area contributed by atoms with Crippen molar-refractivity contribution in [2.45, 2.75) is 72.3 Å². The van der Waals surface area contributed by atoms with Gasteiger partial charge in [-0.25, -0.2) is 9.78 Å². The molecule has 0 saturated carbocycles. The van der Waals surface area contributed by atoms with E-state index in [9.17, 15) is 9.59 Å². The highest BCUT2D eigenvalue weighted by Crippen LogP contribution is 2.31. The lowest BCUT2D eigenvalue weighted by Crippen LogP contribution is -2.31. The Morgan fingerprint density at radius 3 is 2.38 bits per heavy atom. The van der Waals surface area contributed by atoms with Crippen LogP contribution in [0.15, 0.2) is 66.7 Å². The number of fused-ring (bicyclic) bond motifs is 1. The molecule has 3 aromatic carbocycles. The fourth-order valence-corrected chi connectivity index (χ4v) is 4.95. The quantitative estimate of drug-likeness (QED) is 0.137. The highest BCUT2D eigenvalue weighted by Gasteiger charge is 2.18. The Labute approximate surface area is 236 Å². The van der Waals surface area contributed by atoms with E-state index in [4.69, 9.17) is 14.8 Å². The fraction of sp³-hybridized carbons (Fsp3) is 0.364. The lowest BCUT2D eigenvalue weighted by atomic mass is 10.0. The van der Waals surface area contributed by atoms with Gasteiger partial charge >= 0.3 is 6.16 Å². The molecule has 0 atom stereocenters. The van der Waals surface area contributed by atoms with Crippen LogP contribution in [0, 0.1) is 0 Å². The Morgan fingerprint density at radius 1 is 0.925 bits per heavy atom. The maximum Gasteiger partial charge on any atom is 0.511 e. The zero-order chi connectivity index (χ0) is 28.5. The number of amides is 1. The average molecular weight is 542 g/mol. The van der Waals surface area contributed by atoms with E-state index < -0.39 is 6.16 Å². The summed E-state index contributed by atoms with van der Waals surface area (Å²) >= 11 is 0. The Kier molecular flexibility index (Phi) is 9.95. The number of ether oxygens (including phenoxy) is 1. The van der Waals surface area contributed by atoms with Crippen molar-refractivity contribution in [2.24, 2.45) is 0 Å². The number of anilines is 1. The molecule has 1 heterocycles. The number of nitrogens with zero attached hydrogens (tertiary/aromatic N) is 3. The summed E-state index contributed by atoms with van der Waals surface area (Å²) < 4.78 is 7.25. The predicted octanol–water partition coefficient (Wildman–Crippen LogP) is 8.08. The third-order valence-corrected chi connectivity index (χ3v) is 7.07. The molecule has 0 spiro atoms. The molecule has 0 bridgehead atoms. The van der Waals surface area contributed by atoms with E-state index in [1.807, 2.05) is 48.2 Å². The standard InChI is InChI=1S/C33H39N3O4/c1-4-7-14-31-34-28-20-19-26(35(21-8-5-2)32(37)11-6-3)22-29(28)36(31)23-24-15-17-25(18-16-24)27-12-9-10-13-30(27)40-33(38)39/h9-10,12-13,15-20,22H,4-8,11,14,21,23H2,1-3H3,(H,38,39). The van der Waals surface area contributed by atoms with E-state index >= 15 is 0 Å². The van der Waals surface area contributed by atoms with Crippen molar-refractivity contribution >= 4 is 28.8 Å². The molecule has 1 N–H and O–H groups in total. The smallest absolute Gasteiger partial charge is 0.449 e. The molecule has 4 aromatic rings. The number of carboxylic acid groups (broad SMARTS) is 1. The maximum atomic E-state index is 13.0. The summed E-state index contributed by atoms with van der Waals surface area (Å²) in [6, 6.07) is 21.4. The van der Waals surface area contributed by atoms with Crippen molar-refractivity contribution in [1.29, 1.82) is 0 Å². The van der Waals surface area contributed by atoms with Crippen LogP contribution < -0.4 is 9.64 Å². The SMILES string of the molecule is CCCCc1nc2ccc(N(CCCC)C(=O)CCC)cc2n1Cc1ccc(-c2ccccc2OC(=O)O)cc1. The van der Waals surface area contributed by atoms with E-state index in [1.165, 1.54) is 0 Å².